The van der Waals surface area contributed by atoms with E-state index in [9.17, 15) is 0 Å². The summed E-state index contributed by atoms with van der Waals surface area (Å²) < 4.78 is 0. The van der Waals surface area contributed by atoms with Gasteiger partial charge >= 0.3 is 0 Å². The van der Waals surface area contributed by atoms with Gasteiger partial charge in [0.2, 0.25) is 6.71 Å². The second-order valence-electron chi connectivity index (χ2n) is 8.26. The van der Waals surface area contributed by atoms with Gasteiger partial charge in [0.05, 0.1) is 0 Å². The van der Waals surface area contributed by atoms with Gasteiger partial charge in [0.15, 0.2) is 0 Å². The molecule has 0 spiro atoms. The number of hydrogen-bond acceptors (Lipinski definition) is 0. The third-order valence-electron chi connectivity index (χ3n) is 6.49. The van der Waals surface area contributed by atoms with Gasteiger partial charge in [0.1, 0.15) is 0 Å². The molecule has 0 N–H and O–H groups in total. The van der Waals surface area contributed by atoms with E-state index in [0.717, 1.165) is 0 Å². The first-order valence-electron chi connectivity index (χ1n) is 10.6. The molecule has 0 aliphatic rings. The average Bonchev–Trinajstić information content (AvgIpc) is 2.80. The molecule has 0 nitrogen and oxygen atoms in total. The zero-order valence-corrected chi connectivity index (χ0v) is 17.0. The van der Waals surface area contributed by atoms with Gasteiger partial charge in [-0.25, -0.2) is 0 Å². The molecule has 6 aromatic carbocycles. The minimum atomic E-state index is 0.305. The molecule has 6 aromatic rings. The van der Waals surface area contributed by atoms with Gasteiger partial charge < -0.3 is 0 Å². The molecule has 0 aliphatic heterocycles. The number of rotatable bonds is 2. The van der Waals surface area contributed by atoms with E-state index in [1.54, 1.807) is 0 Å². The highest BCUT2D eigenvalue weighted by molar-refractivity contribution is 6.87. The van der Waals surface area contributed by atoms with E-state index in [1.165, 1.54) is 54.0 Å². The molecule has 0 radical (unpaired) electrons. The fraction of sp³-hybridized carbons (Fsp3) is 0.0345. The molecule has 0 heterocycles. The maximum absolute atomic E-state index is 2.36. The van der Waals surface area contributed by atoms with E-state index in [1.807, 2.05) is 0 Å². The summed E-state index contributed by atoms with van der Waals surface area (Å²) in [4.78, 5) is 0. The monoisotopic (exact) mass is 380 g/mol. The van der Waals surface area contributed by atoms with Crippen LogP contribution in [0.2, 0.25) is 6.82 Å². The molecular formula is C29H21B. The lowest BCUT2D eigenvalue weighted by Gasteiger charge is -2.16. The Morgan fingerprint density at radius 3 is 1.20 bits per heavy atom. The average molecular weight is 380 g/mol. The molecule has 0 bridgehead atoms. The van der Waals surface area contributed by atoms with Crippen LogP contribution in [0.5, 0.6) is 0 Å². The van der Waals surface area contributed by atoms with Crippen LogP contribution in [0.4, 0.5) is 0 Å². The van der Waals surface area contributed by atoms with Crippen LogP contribution in [0.1, 0.15) is 0 Å². The Balaban J connectivity index is 1.60. The van der Waals surface area contributed by atoms with E-state index in [0.29, 0.717) is 6.71 Å². The Hall–Kier alpha value is -3.58. The molecular weight excluding hydrogens is 359 g/mol. The van der Waals surface area contributed by atoms with Gasteiger partial charge in [-0.05, 0) is 67.4 Å². The smallest absolute Gasteiger partial charge is 0.0774 e. The SMILES string of the molecule is CB(c1cccc2cc3ccccc3cc12)c1cccc2cc3ccccc3cc12. The van der Waals surface area contributed by atoms with Crippen LogP contribution >= 0.6 is 0 Å². The molecule has 0 fully saturated rings. The highest BCUT2D eigenvalue weighted by atomic mass is 14.1. The van der Waals surface area contributed by atoms with Gasteiger partial charge in [0, 0.05) is 0 Å². The summed E-state index contributed by atoms with van der Waals surface area (Å²) >= 11 is 0. The third kappa shape index (κ3) is 2.70. The predicted molar refractivity (Wildman–Crippen MR) is 134 cm³/mol. The van der Waals surface area contributed by atoms with Gasteiger partial charge in [-0.3, -0.25) is 0 Å². The quantitative estimate of drug-likeness (QED) is 0.236. The maximum Gasteiger partial charge on any atom is 0.207 e. The Kier molecular flexibility index (Phi) is 3.89. The van der Waals surface area contributed by atoms with Gasteiger partial charge in [-0.1, -0.05) is 103 Å². The van der Waals surface area contributed by atoms with Crippen LogP contribution in [0.25, 0.3) is 43.1 Å². The largest absolute Gasteiger partial charge is 0.207 e. The molecule has 0 saturated heterocycles. The van der Waals surface area contributed by atoms with Crippen molar-refractivity contribution < 1.29 is 0 Å². The molecule has 0 amide bonds. The summed E-state index contributed by atoms with van der Waals surface area (Å²) in [5, 5.41) is 10.5. The van der Waals surface area contributed by atoms with Gasteiger partial charge in [0.25, 0.3) is 0 Å². The molecule has 0 aromatic heterocycles. The molecule has 0 aliphatic carbocycles. The van der Waals surface area contributed by atoms with Gasteiger partial charge in [-0.15, -0.1) is 0 Å². The van der Waals surface area contributed by atoms with E-state index in [-0.39, 0.29) is 0 Å². The Morgan fingerprint density at radius 2 is 0.767 bits per heavy atom. The zero-order chi connectivity index (χ0) is 20.1. The normalized spacial score (nSPS) is 11.5. The van der Waals surface area contributed by atoms with Crippen molar-refractivity contribution in [2.75, 3.05) is 0 Å². The highest BCUT2D eigenvalue weighted by Gasteiger charge is 2.18. The standard InChI is InChI=1S/C29H21B/c1-30(28-14-6-12-24-16-20-8-2-4-10-22(20)18-26(24)28)29-15-7-13-25-17-21-9-3-5-11-23(21)19-27(25)29/h2-19H,1H3. The fourth-order valence-electron chi connectivity index (χ4n) is 4.90. The second kappa shape index (κ2) is 6.74. The zero-order valence-electron chi connectivity index (χ0n) is 17.0. The van der Waals surface area contributed by atoms with Crippen LogP contribution in [-0.4, -0.2) is 6.71 Å². The summed E-state index contributed by atoms with van der Waals surface area (Å²) in [5.74, 6) is 0. The van der Waals surface area contributed by atoms with Gasteiger partial charge in [-0.2, -0.15) is 0 Å². The number of benzene rings is 6. The first kappa shape index (κ1) is 17.3. The molecule has 0 unspecified atom stereocenters. The van der Waals surface area contributed by atoms with Crippen molar-refractivity contribution in [1.29, 1.82) is 0 Å². The molecule has 0 atom stereocenters. The molecule has 140 valence electrons. The van der Waals surface area contributed by atoms with Crippen LogP contribution in [0.15, 0.2) is 109 Å². The lowest BCUT2D eigenvalue weighted by Crippen LogP contribution is -2.40. The Bertz CT molecular complexity index is 1440. The Morgan fingerprint density at radius 1 is 0.400 bits per heavy atom. The van der Waals surface area contributed by atoms with Crippen molar-refractivity contribution in [1.82, 2.24) is 0 Å². The number of fused-ring (bicyclic) bond motifs is 4. The maximum atomic E-state index is 2.36. The van der Waals surface area contributed by atoms with Crippen molar-refractivity contribution in [3.05, 3.63) is 109 Å². The summed E-state index contributed by atoms with van der Waals surface area (Å²) in [5.41, 5.74) is 2.78. The Labute approximate surface area is 176 Å². The first-order valence-corrected chi connectivity index (χ1v) is 10.6. The molecule has 6 rings (SSSR count). The van der Waals surface area contributed by atoms with Crippen molar-refractivity contribution in [2.24, 2.45) is 0 Å². The van der Waals surface area contributed by atoms with E-state index < -0.39 is 0 Å². The summed E-state index contributed by atoms with van der Waals surface area (Å²) in [6, 6.07) is 40.1. The summed E-state index contributed by atoms with van der Waals surface area (Å²) in [7, 11) is 0. The topological polar surface area (TPSA) is 0 Å². The lowest BCUT2D eigenvalue weighted by molar-refractivity contribution is 1.77. The number of hydrogen-bond donors (Lipinski definition) is 0. The molecule has 0 saturated carbocycles. The minimum absolute atomic E-state index is 0.305. The van der Waals surface area contributed by atoms with E-state index in [2.05, 4.69) is 116 Å². The molecule has 30 heavy (non-hydrogen) atoms. The van der Waals surface area contributed by atoms with Crippen LogP contribution < -0.4 is 10.9 Å². The predicted octanol–water partition coefficient (Wildman–Crippen LogP) is 6.54. The van der Waals surface area contributed by atoms with Crippen LogP contribution in [0.3, 0.4) is 0 Å². The fourth-order valence-corrected chi connectivity index (χ4v) is 4.90. The summed E-state index contributed by atoms with van der Waals surface area (Å²) in [6.07, 6.45) is 0. The second-order valence-corrected chi connectivity index (χ2v) is 8.26. The third-order valence-corrected chi connectivity index (χ3v) is 6.49. The van der Waals surface area contributed by atoms with Crippen LogP contribution in [-0.2, 0) is 0 Å². The summed E-state index contributed by atoms with van der Waals surface area (Å²) in [6.45, 7) is 2.65. The first-order chi connectivity index (χ1) is 14.8. The van der Waals surface area contributed by atoms with E-state index >= 15 is 0 Å². The highest BCUT2D eigenvalue weighted by Crippen LogP contribution is 2.24. The van der Waals surface area contributed by atoms with E-state index in [4.69, 9.17) is 0 Å². The van der Waals surface area contributed by atoms with Crippen molar-refractivity contribution in [3.63, 3.8) is 0 Å². The van der Waals surface area contributed by atoms with Crippen molar-refractivity contribution >= 4 is 60.7 Å². The molecule has 1 heteroatoms. The lowest BCUT2D eigenvalue weighted by atomic mass is 9.41. The van der Waals surface area contributed by atoms with Crippen molar-refractivity contribution in [3.8, 4) is 0 Å². The van der Waals surface area contributed by atoms with Crippen LogP contribution in [0, 0.1) is 0 Å². The minimum Gasteiger partial charge on any atom is -0.0774 e. The van der Waals surface area contributed by atoms with Crippen molar-refractivity contribution in [2.45, 2.75) is 6.82 Å².